The average molecular weight is 178 g/mol. The van der Waals surface area contributed by atoms with Crippen molar-refractivity contribution in [1.29, 1.82) is 0 Å². The molecule has 0 aliphatic carbocycles. The predicted octanol–water partition coefficient (Wildman–Crippen LogP) is 2.23. The first kappa shape index (κ1) is 9.71. The molecule has 3 nitrogen and oxygen atoms in total. The van der Waals surface area contributed by atoms with Crippen molar-refractivity contribution in [3.05, 3.63) is 30.1 Å². The highest BCUT2D eigenvalue weighted by Crippen LogP contribution is 1.99. The molecule has 1 heterocycles. The number of rotatable bonds is 4. The van der Waals surface area contributed by atoms with Gasteiger partial charge in [-0.2, -0.15) is 0 Å². The van der Waals surface area contributed by atoms with Gasteiger partial charge < -0.3 is 4.84 Å². The second-order valence-corrected chi connectivity index (χ2v) is 2.75. The summed E-state index contributed by atoms with van der Waals surface area (Å²) in [5, 5.41) is 3.97. The van der Waals surface area contributed by atoms with Crippen molar-refractivity contribution in [3.8, 4) is 0 Å². The van der Waals surface area contributed by atoms with Gasteiger partial charge in [-0.15, -0.1) is 0 Å². The second kappa shape index (κ2) is 5.30. The molecule has 1 rings (SSSR count). The van der Waals surface area contributed by atoms with Gasteiger partial charge in [-0.05, 0) is 25.5 Å². The van der Waals surface area contributed by atoms with Gasteiger partial charge in [0.15, 0.2) is 0 Å². The molecule has 0 aromatic carbocycles. The van der Waals surface area contributed by atoms with Gasteiger partial charge in [-0.1, -0.05) is 12.1 Å². The van der Waals surface area contributed by atoms with E-state index in [1.807, 2.05) is 19.1 Å². The summed E-state index contributed by atoms with van der Waals surface area (Å²) in [7, 11) is 0. The van der Waals surface area contributed by atoms with Crippen molar-refractivity contribution < 1.29 is 4.84 Å². The van der Waals surface area contributed by atoms with E-state index in [4.69, 9.17) is 4.84 Å². The van der Waals surface area contributed by atoms with Crippen molar-refractivity contribution in [1.82, 2.24) is 4.98 Å². The van der Waals surface area contributed by atoms with Crippen molar-refractivity contribution in [2.75, 3.05) is 6.61 Å². The lowest BCUT2D eigenvalue weighted by molar-refractivity contribution is 0.145. The molecule has 1 aromatic heterocycles. The minimum Gasteiger partial charge on any atom is -0.396 e. The van der Waals surface area contributed by atoms with E-state index >= 15 is 0 Å². The average Bonchev–Trinajstić information content (AvgIpc) is 2.19. The molecule has 0 aliphatic rings. The fourth-order valence-electron chi connectivity index (χ4n) is 0.880. The number of nitrogens with zero attached hydrogens (tertiary/aromatic N) is 2. The van der Waals surface area contributed by atoms with Crippen LogP contribution in [0.3, 0.4) is 0 Å². The molecule has 0 fully saturated rings. The molecular weight excluding hydrogens is 164 g/mol. The predicted molar refractivity (Wildman–Crippen MR) is 52.7 cm³/mol. The zero-order chi connectivity index (χ0) is 9.52. The highest BCUT2D eigenvalue weighted by molar-refractivity contribution is 5.98. The van der Waals surface area contributed by atoms with Gasteiger partial charge in [-0.3, -0.25) is 4.98 Å². The van der Waals surface area contributed by atoms with Gasteiger partial charge in [0, 0.05) is 18.0 Å². The zero-order valence-electron chi connectivity index (χ0n) is 8.03. The van der Waals surface area contributed by atoms with Crippen LogP contribution < -0.4 is 0 Å². The van der Waals surface area contributed by atoms with Gasteiger partial charge in [0.1, 0.15) is 6.61 Å². The zero-order valence-corrected chi connectivity index (χ0v) is 8.03. The van der Waals surface area contributed by atoms with Crippen LogP contribution in [-0.4, -0.2) is 17.3 Å². The maximum absolute atomic E-state index is 5.07. The van der Waals surface area contributed by atoms with E-state index in [1.165, 1.54) is 0 Å². The Morgan fingerprint density at radius 2 is 2.15 bits per heavy atom. The van der Waals surface area contributed by atoms with E-state index in [9.17, 15) is 0 Å². The monoisotopic (exact) mass is 178 g/mol. The maximum atomic E-state index is 5.07. The summed E-state index contributed by atoms with van der Waals surface area (Å²) in [4.78, 5) is 8.99. The summed E-state index contributed by atoms with van der Waals surface area (Å²) in [5.41, 5.74) is 1.93. The lowest BCUT2D eigenvalue weighted by Crippen LogP contribution is -1.96. The van der Waals surface area contributed by atoms with E-state index in [0.29, 0.717) is 6.61 Å². The summed E-state index contributed by atoms with van der Waals surface area (Å²) < 4.78 is 0. The Balaban J connectivity index is 2.57. The van der Waals surface area contributed by atoms with Gasteiger partial charge in [-0.25, -0.2) is 0 Å². The van der Waals surface area contributed by atoms with Gasteiger partial charge in [0.2, 0.25) is 0 Å². The molecule has 70 valence electrons. The molecule has 1 aromatic rings. The van der Waals surface area contributed by atoms with Crippen molar-refractivity contribution >= 4 is 5.71 Å². The van der Waals surface area contributed by atoms with Crippen molar-refractivity contribution in [2.24, 2.45) is 5.16 Å². The number of oxime groups is 1. The van der Waals surface area contributed by atoms with Crippen LogP contribution >= 0.6 is 0 Å². The second-order valence-electron chi connectivity index (χ2n) is 2.75. The fraction of sp³-hybridized carbons (Fsp3) is 0.400. The van der Waals surface area contributed by atoms with Gasteiger partial charge in [0.25, 0.3) is 0 Å². The fourth-order valence-corrected chi connectivity index (χ4v) is 0.880. The minimum absolute atomic E-state index is 0.669. The highest BCUT2D eigenvalue weighted by atomic mass is 16.6. The Morgan fingerprint density at radius 3 is 2.77 bits per heavy atom. The smallest absolute Gasteiger partial charge is 0.116 e. The van der Waals surface area contributed by atoms with E-state index in [2.05, 4.69) is 17.1 Å². The molecular formula is C10H14N2O. The Labute approximate surface area is 78.4 Å². The molecule has 0 saturated heterocycles. The van der Waals surface area contributed by atoms with Crippen LogP contribution in [0.25, 0.3) is 0 Å². The molecule has 0 aliphatic heterocycles. The molecule has 0 N–H and O–H groups in total. The van der Waals surface area contributed by atoms with Gasteiger partial charge >= 0.3 is 0 Å². The Kier molecular flexibility index (Phi) is 3.96. The standard InChI is InChI=1S/C10H14N2O/c1-3-8-13-12-9(2)10-4-6-11-7-5-10/h4-7H,3,8H2,1-2H3/b12-9+. The molecule has 13 heavy (non-hydrogen) atoms. The number of aromatic nitrogens is 1. The Morgan fingerprint density at radius 1 is 1.46 bits per heavy atom. The van der Waals surface area contributed by atoms with Crippen LogP contribution in [-0.2, 0) is 4.84 Å². The normalized spacial score (nSPS) is 11.4. The van der Waals surface area contributed by atoms with Crippen LogP contribution in [0.5, 0.6) is 0 Å². The molecule has 0 atom stereocenters. The molecule has 0 bridgehead atoms. The van der Waals surface area contributed by atoms with Crippen molar-refractivity contribution in [3.63, 3.8) is 0 Å². The molecule has 0 saturated carbocycles. The van der Waals surface area contributed by atoms with Crippen molar-refractivity contribution in [2.45, 2.75) is 20.3 Å². The summed E-state index contributed by atoms with van der Waals surface area (Å²) in [6.45, 7) is 4.64. The Hall–Kier alpha value is -1.38. The van der Waals surface area contributed by atoms with Crippen LogP contribution in [0, 0.1) is 0 Å². The molecule has 0 amide bonds. The third kappa shape index (κ3) is 3.23. The topological polar surface area (TPSA) is 34.5 Å². The highest BCUT2D eigenvalue weighted by Gasteiger charge is 1.95. The Bertz CT molecular complexity index is 270. The summed E-state index contributed by atoms with van der Waals surface area (Å²) in [6.07, 6.45) is 4.47. The van der Waals surface area contributed by atoms with Gasteiger partial charge in [0.05, 0.1) is 5.71 Å². The quantitative estimate of drug-likeness (QED) is 0.402. The lowest BCUT2D eigenvalue weighted by atomic mass is 10.2. The maximum Gasteiger partial charge on any atom is 0.116 e. The van der Waals surface area contributed by atoms with Crippen LogP contribution in [0.4, 0.5) is 0 Å². The largest absolute Gasteiger partial charge is 0.396 e. The third-order valence-electron chi connectivity index (χ3n) is 1.59. The first-order chi connectivity index (χ1) is 6.34. The summed E-state index contributed by atoms with van der Waals surface area (Å²) in [6, 6.07) is 3.82. The molecule has 0 unspecified atom stereocenters. The van der Waals surface area contributed by atoms with Crippen LogP contribution in [0.2, 0.25) is 0 Å². The van der Waals surface area contributed by atoms with E-state index in [0.717, 1.165) is 17.7 Å². The minimum atomic E-state index is 0.669. The number of pyridine rings is 1. The van der Waals surface area contributed by atoms with Crippen LogP contribution in [0.15, 0.2) is 29.7 Å². The van der Waals surface area contributed by atoms with E-state index in [-0.39, 0.29) is 0 Å². The lowest BCUT2D eigenvalue weighted by Gasteiger charge is -1.99. The molecule has 3 heteroatoms. The number of hydrogen-bond donors (Lipinski definition) is 0. The first-order valence-electron chi connectivity index (χ1n) is 4.41. The van der Waals surface area contributed by atoms with Crippen LogP contribution in [0.1, 0.15) is 25.8 Å². The van der Waals surface area contributed by atoms with E-state index in [1.54, 1.807) is 12.4 Å². The third-order valence-corrected chi connectivity index (χ3v) is 1.59. The molecule has 0 spiro atoms. The summed E-state index contributed by atoms with van der Waals surface area (Å²) in [5.74, 6) is 0. The SMILES string of the molecule is CCCO/N=C(\C)c1ccncc1. The number of hydrogen-bond acceptors (Lipinski definition) is 3. The molecule has 0 radical (unpaired) electrons. The summed E-state index contributed by atoms with van der Waals surface area (Å²) >= 11 is 0. The van der Waals surface area contributed by atoms with E-state index < -0.39 is 0 Å². The first-order valence-corrected chi connectivity index (χ1v) is 4.41.